The van der Waals surface area contributed by atoms with Crippen molar-refractivity contribution in [1.29, 1.82) is 0 Å². The SMILES string of the molecule is CCOc1ccc(S(=O)(=O)NCC2CCS(=O)(=O)C2)cc1. The molecule has 2 rings (SSSR count). The molecule has 1 saturated heterocycles. The average Bonchev–Trinajstić information content (AvgIpc) is 2.77. The van der Waals surface area contributed by atoms with Crippen molar-refractivity contribution >= 4 is 19.9 Å². The van der Waals surface area contributed by atoms with E-state index < -0.39 is 19.9 Å². The van der Waals surface area contributed by atoms with Crippen LogP contribution in [0.1, 0.15) is 13.3 Å². The number of rotatable bonds is 6. The molecule has 0 saturated carbocycles. The molecule has 118 valence electrons. The molecule has 0 bridgehead atoms. The van der Waals surface area contributed by atoms with E-state index in [4.69, 9.17) is 4.74 Å². The molecule has 8 heteroatoms. The molecule has 1 aromatic carbocycles. The van der Waals surface area contributed by atoms with Gasteiger partial charge in [0.15, 0.2) is 9.84 Å². The Hall–Kier alpha value is -1.12. The molecule has 0 aromatic heterocycles. The van der Waals surface area contributed by atoms with E-state index in [2.05, 4.69) is 4.72 Å². The van der Waals surface area contributed by atoms with Crippen LogP contribution in [-0.2, 0) is 19.9 Å². The van der Waals surface area contributed by atoms with Crippen molar-refractivity contribution in [1.82, 2.24) is 4.72 Å². The molecule has 1 fully saturated rings. The average molecular weight is 333 g/mol. The van der Waals surface area contributed by atoms with Crippen molar-refractivity contribution in [3.8, 4) is 5.75 Å². The number of sulfonamides is 1. The topological polar surface area (TPSA) is 89.5 Å². The smallest absolute Gasteiger partial charge is 0.240 e. The van der Waals surface area contributed by atoms with Gasteiger partial charge in [-0.1, -0.05) is 0 Å². The molecule has 0 spiro atoms. The Bertz CT molecular complexity index is 680. The molecule has 1 atom stereocenters. The molecule has 1 aromatic rings. The quantitative estimate of drug-likeness (QED) is 0.831. The summed E-state index contributed by atoms with van der Waals surface area (Å²) in [5, 5.41) is 0. The molecule has 21 heavy (non-hydrogen) atoms. The normalized spacial score (nSPS) is 21.3. The number of hydrogen-bond acceptors (Lipinski definition) is 5. The van der Waals surface area contributed by atoms with Gasteiger partial charge in [0.05, 0.1) is 23.0 Å². The van der Waals surface area contributed by atoms with Crippen molar-refractivity contribution in [2.24, 2.45) is 5.92 Å². The van der Waals surface area contributed by atoms with Gasteiger partial charge in [-0.25, -0.2) is 21.6 Å². The number of nitrogens with one attached hydrogen (secondary N) is 1. The summed E-state index contributed by atoms with van der Waals surface area (Å²) in [6, 6.07) is 6.13. The highest BCUT2D eigenvalue weighted by atomic mass is 32.2. The van der Waals surface area contributed by atoms with E-state index in [1.165, 1.54) is 12.1 Å². The molecule has 1 aliphatic heterocycles. The zero-order chi connectivity index (χ0) is 15.5. The van der Waals surface area contributed by atoms with Crippen LogP contribution in [0.5, 0.6) is 5.75 Å². The minimum absolute atomic E-state index is 0.0544. The van der Waals surface area contributed by atoms with Crippen LogP contribution in [0, 0.1) is 5.92 Å². The van der Waals surface area contributed by atoms with Crippen molar-refractivity contribution in [2.45, 2.75) is 18.2 Å². The molecule has 1 aliphatic rings. The largest absolute Gasteiger partial charge is 0.494 e. The second kappa shape index (κ2) is 6.33. The van der Waals surface area contributed by atoms with Gasteiger partial charge in [0.1, 0.15) is 5.75 Å². The number of ether oxygens (including phenoxy) is 1. The molecule has 1 heterocycles. The summed E-state index contributed by atoms with van der Waals surface area (Å²) in [7, 11) is -6.61. The van der Waals surface area contributed by atoms with E-state index in [9.17, 15) is 16.8 Å². The van der Waals surface area contributed by atoms with Gasteiger partial charge in [-0.2, -0.15) is 0 Å². The standard InChI is InChI=1S/C13H19NO5S2/c1-2-19-12-3-5-13(6-4-12)21(17,18)14-9-11-7-8-20(15,16)10-11/h3-6,11,14H,2,7-10H2,1H3. The first-order valence-corrected chi connectivity index (χ1v) is 10.1. The summed E-state index contributed by atoms with van der Waals surface area (Å²) in [5.41, 5.74) is 0. The molecule has 1 unspecified atom stereocenters. The summed E-state index contributed by atoms with van der Waals surface area (Å²) < 4.78 is 54.7. The highest BCUT2D eigenvalue weighted by Gasteiger charge is 2.28. The Kier molecular flexibility index (Phi) is 4.90. The Balaban J connectivity index is 1.98. The first-order chi connectivity index (χ1) is 9.82. The maximum atomic E-state index is 12.1. The predicted molar refractivity (Wildman–Crippen MR) is 79.6 cm³/mol. The minimum atomic E-state index is -3.62. The van der Waals surface area contributed by atoms with E-state index in [1.54, 1.807) is 12.1 Å². The van der Waals surface area contributed by atoms with Crippen LogP contribution in [0.25, 0.3) is 0 Å². The van der Waals surface area contributed by atoms with Crippen LogP contribution in [0.15, 0.2) is 29.2 Å². The summed E-state index contributed by atoms with van der Waals surface area (Å²) in [5.74, 6) is 0.659. The molecule has 6 nitrogen and oxygen atoms in total. The maximum Gasteiger partial charge on any atom is 0.240 e. The third-order valence-corrected chi connectivity index (χ3v) is 6.61. The van der Waals surface area contributed by atoms with Crippen LogP contribution in [0.2, 0.25) is 0 Å². The molecular weight excluding hydrogens is 314 g/mol. The highest BCUT2D eigenvalue weighted by molar-refractivity contribution is 7.91. The fourth-order valence-electron chi connectivity index (χ4n) is 2.23. The highest BCUT2D eigenvalue weighted by Crippen LogP contribution is 2.19. The van der Waals surface area contributed by atoms with E-state index in [-0.39, 0.29) is 28.9 Å². The first-order valence-electron chi connectivity index (χ1n) is 6.75. The van der Waals surface area contributed by atoms with E-state index in [1.807, 2.05) is 6.92 Å². The van der Waals surface area contributed by atoms with Crippen LogP contribution in [0.4, 0.5) is 0 Å². The van der Waals surface area contributed by atoms with Crippen LogP contribution < -0.4 is 9.46 Å². The molecule has 0 radical (unpaired) electrons. The molecule has 1 N–H and O–H groups in total. The van der Waals surface area contributed by atoms with Gasteiger partial charge in [-0.15, -0.1) is 0 Å². The van der Waals surface area contributed by atoms with Crippen LogP contribution >= 0.6 is 0 Å². The summed E-state index contributed by atoms with van der Waals surface area (Å²) in [6.45, 7) is 2.51. The number of sulfone groups is 1. The number of benzene rings is 1. The van der Waals surface area contributed by atoms with E-state index in [0.717, 1.165) is 0 Å². The fourth-order valence-corrected chi connectivity index (χ4v) is 5.20. The van der Waals surface area contributed by atoms with Crippen molar-refractivity contribution in [3.05, 3.63) is 24.3 Å². The van der Waals surface area contributed by atoms with E-state index >= 15 is 0 Å². The third-order valence-electron chi connectivity index (χ3n) is 3.33. The minimum Gasteiger partial charge on any atom is -0.494 e. The summed E-state index contributed by atoms with van der Waals surface area (Å²) in [4.78, 5) is 0.145. The van der Waals surface area contributed by atoms with Crippen molar-refractivity contribution in [3.63, 3.8) is 0 Å². The van der Waals surface area contributed by atoms with Crippen LogP contribution in [-0.4, -0.2) is 41.5 Å². The predicted octanol–water partition coefficient (Wildman–Crippen LogP) is 0.798. The molecule has 0 aliphatic carbocycles. The lowest BCUT2D eigenvalue weighted by Crippen LogP contribution is -2.29. The van der Waals surface area contributed by atoms with Crippen molar-refractivity contribution < 1.29 is 21.6 Å². The zero-order valence-electron chi connectivity index (χ0n) is 11.8. The second-order valence-electron chi connectivity index (χ2n) is 5.03. The molecular formula is C13H19NO5S2. The van der Waals surface area contributed by atoms with Gasteiger partial charge in [0.2, 0.25) is 10.0 Å². The zero-order valence-corrected chi connectivity index (χ0v) is 13.4. The van der Waals surface area contributed by atoms with Gasteiger partial charge in [-0.3, -0.25) is 0 Å². The van der Waals surface area contributed by atoms with Gasteiger partial charge >= 0.3 is 0 Å². The van der Waals surface area contributed by atoms with Gasteiger partial charge in [0, 0.05) is 6.54 Å². The number of hydrogen-bond donors (Lipinski definition) is 1. The van der Waals surface area contributed by atoms with E-state index in [0.29, 0.717) is 18.8 Å². The van der Waals surface area contributed by atoms with Gasteiger partial charge in [-0.05, 0) is 43.5 Å². The van der Waals surface area contributed by atoms with Crippen molar-refractivity contribution in [2.75, 3.05) is 24.7 Å². The van der Waals surface area contributed by atoms with Gasteiger partial charge < -0.3 is 4.74 Å². The molecule has 0 amide bonds. The third kappa shape index (κ3) is 4.42. The fraction of sp³-hybridized carbons (Fsp3) is 0.538. The monoisotopic (exact) mass is 333 g/mol. The maximum absolute atomic E-state index is 12.1. The summed E-state index contributed by atoms with van der Waals surface area (Å²) >= 11 is 0. The Morgan fingerprint density at radius 3 is 2.48 bits per heavy atom. The second-order valence-corrected chi connectivity index (χ2v) is 9.02. The first kappa shape index (κ1) is 16.3. The Labute approximate surface area is 125 Å². The Morgan fingerprint density at radius 2 is 1.95 bits per heavy atom. The lowest BCUT2D eigenvalue weighted by molar-refractivity contribution is 0.340. The van der Waals surface area contributed by atoms with Crippen LogP contribution in [0.3, 0.4) is 0 Å². The Morgan fingerprint density at radius 1 is 1.29 bits per heavy atom. The summed E-state index contributed by atoms with van der Waals surface area (Å²) in [6.07, 6.45) is 0.508. The lowest BCUT2D eigenvalue weighted by Gasteiger charge is -2.11. The lowest BCUT2D eigenvalue weighted by atomic mass is 10.1. The van der Waals surface area contributed by atoms with Gasteiger partial charge in [0.25, 0.3) is 0 Å².